The Morgan fingerprint density at radius 3 is 2.71 bits per heavy atom. The number of rotatable bonds is 3. The Bertz CT molecular complexity index is 836. The van der Waals surface area contributed by atoms with Crippen LogP contribution in [-0.2, 0) is 11.2 Å². The summed E-state index contributed by atoms with van der Waals surface area (Å²) in [6.07, 6.45) is 0.516. The van der Waals surface area contributed by atoms with Gasteiger partial charge in [0.05, 0.1) is 21.0 Å². The Balaban J connectivity index is 1.77. The van der Waals surface area contributed by atoms with Crippen molar-refractivity contribution < 1.29 is 4.79 Å². The van der Waals surface area contributed by atoms with Gasteiger partial charge in [0.2, 0.25) is 5.91 Å². The monoisotopic (exact) mass is 378 g/mol. The summed E-state index contributed by atoms with van der Waals surface area (Å²) in [6.45, 7) is 4.10. The average molecular weight is 379 g/mol. The summed E-state index contributed by atoms with van der Waals surface area (Å²) in [5, 5.41) is 4.21. The van der Waals surface area contributed by atoms with Crippen LogP contribution in [0.15, 0.2) is 41.4 Å². The fourth-order valence-electron chi connectivity index (χ4n) is 2.41. The van der Waals surface area contributed by atoms with Crippen molar-refractivity contribution in [3.8, 4) is 0 Å². The smallest absolute Gasteiger partial charge is 0.239 e. The number of aryl methyl sites for hydroxylation is 2. The van der Waals surface area contributed by atoms with Crippen LogP contribution < -0.4 is 5.32 Å². The number of amidine groups is 1. The van der Waals surface area contributed by atoms with Gasteiger partial charge in [0.25, 0.3) is 0 Å². The molecule has 1 aliphatic heterocycles. The van der Waals surface area contributed by atoms with Crippen LogP contribution in [0, 0.1) is 13.8 Å². The van der Waals surface area contributed by atoms with E-state index in [1.807, 2.05) is 37.3 Å². The molecule has 3 rings (SSSR count). The van der Waals surface area contributed by atoms with Gasteiger partial charge in [-0.1, -0.05) is 53.2 Å². The molecule has 124 valence electrons. The lowest BCUT2D eigenvalue weighted by atomic mass is 10.1. The SMILES string of the molecule is Cc1ccc(N=C2NC(=O)C(Cc3cccc(Cl)c3Cl)S2)cc1C. The highest BCUT2D eigenvalue weighted by atomic mass is 35.5. The first-order valence-corrected chi connectivity index (χ1v) is 9.14. The highest BCUT2D eigenvalue weighted by molar-refractivity contribution is 8.15. The molecule has 2 aromatic rings. The maximum absolute atomic E-state index is 12.2. The Morgan fingerprint density at radius 1 is 1.17 bits per heavy atom. The van der Waals surface area contributed by atoms with Crippen LogP contribution >= 0.6 is 35.0 Å². The average Bonchev–Trinajstić information content (AvgIpc) is 2.87. The van der Waals surface area contributed by atoms with Crippen molar-refractivity contribution in [2.24, 2.45) is 4.99 Å². The lowest BCUT2D eigenvalue weighted by Gasteiger charge is -2.08. The molecule has 24 heavy (non-hydrogen) atoms. The molecule has 1 N–H and O–H groups in total. The minimum atomic E-state index is -0.258. The van der Waals surface area contributed by atoms with Gasteiger partial charge >= 0.3 is 0 Å². The van der Waals surface area contributed by atoms with E-state index in [2.05, 4.69) is 17.2 Å². The van der Waals surface area contributed by atoms with Gasteiger partial charge in [0.1, 0.15) is 0 Å². The highest BCUT2D eigenvalue weighted by Gasteiger charge is 2.31. The molecule has 1 saturated heterocycles. The molecule has 0 aliphatic carbocycles. The summed E-state index contributed by atoms with van der Waals surface area (Å²) in [4.78, 5) is 16.7. The van der Waals surface area contributed by atoms with Crippen LogP contribution in [0.3, 0.4) is 0 Å². The molecular weight excluding hydrogens is 363 g/mol. The zero-order valence-electron chi connectivity index (χ0n) is 13.3. The van der Waals surface area contributed by atoms with E-state index in [4.69, 9.17) is 23.2 Å². The molecule has 2 aromatic carbocycles. The fourth-order valence-corrected chi connectivity index (χ4v) is 3.82. The number of carbonyl (C=O) groups excluding carboxylic acids is 1. The lowest BCUT2D eigenvalue weighted by molar-refractivity contribution is -0.118. The van der Waals surface area contributed by atoms with E-state index in [1.54, 1.807) is 6.07 Å². The van der Waals surface area contributed by atoms with Gasteiger partial charge in [-0.25, -0.2) is 4.99 Å². The van der Waals surface area contributed by atoms with Crippen molar-refractivity contribution in [1.29, 1.82) is 0 Å². The molecule has 1 atom stereocenters. The van der Waals surface area contributed by atoms with Crippen molar-refractivity contribution in [3.63, 3.8) is 0 Å². The number of aliphatic imine (C=N–C) groups is 1. The van der Waals surface area contributed by atoms with Crippen LogP contribution in [0.2, 0.25) is 10.0 Å². The lowest BCUT2D eigenvalue weighted by Crippen LogP contribution is -2.26. The van der Waals surface area contributed by atoms with Gasteiger partial charge in [-0.15, -0.1) is 0 Å². The van der Waals surface area contributed by atoms with Gasteiger partial charge in [-0.3, -0.25) is 4.79 Å². The predicted molar refractivity (Wildman–Crippen MR) is 103 cm³/mol. The molecule has 0 spiro atoms. The fraction of sp³-hybridized carbons (Fsp3) is 0.222. The number of hydrogen-bond donors (Lipinski definition) is 1. The molecule has 0 saturated carbocycles. The van der Waals surface area contributed by atoms with Crippen molar-refractivity contribution in [2.45, 2.75) is 25.5 Å². The Hall–Kier alpha value is -1.49. The number of benzene rings is 2. The molecule has 0 radical (unpaired) electrons. The number of thioether (sulfide) groups is 1. The molecule has 1 aliphatic rings. The zero-order chi connectivity index (χ0) is 17.3. The van der Waals surface area contributed by atoms with Crippen LogP contribution in [0.4, 0.5) is 5.69 Å². The van der Waals surface area contributed by atoms with Gasteiger partial charge in [0.15, 0.2) is 5.17 Å². The van der Waals surface area contributed by atoms with E-state index in [1.165, 1.54) is 22.9 Å². The highest BCUT2D eigenvalue weighted by Crippen LogP contribution is 2.31. The van der Waals surface area contributed by atoms with Gasteiger partial charge in [-0.2, -0.15) is 0 Å². The third kappa shape index (κ3) is 3.77. The van der Waals surface area contributed by atoms with Crippen LogP contribution in [0.5, 0.6) is 0 Å². The Morgan fingerprint density at radius 2 is 1.96 bits per heavy atom. The summed E-state index contributed by atoms with van der Waals surface area (Å²) in [6, 6.07) is 11.5. The minimum Gasteiger partial charge on any atom is -0.304 e. The zero-order valence-corrected chi connectivity index (χ0v) is 15.6. The first-order chi connectivity index (χ1) is 11.4. The van der Waals surface area contributed by atoms with Crippen LogP contribution in [0.1, 0.15) is 16.7 Å². The summed E-state index contributed by atoms with van der Waals surface area (Å²) >= 11 is 13.7. The normalized spacial score (nSPS) is 18.9. The van der Waals surface area contributed by atoms with Crippen molar-refractivity contribution in [1.82, 2.24) is 5.32 Å². The summed E-state index contributed by atoms with van der Waals surface area (Å²) in [5.74, 6) is -0.0568. The Labute approximate surface area is 155 Å². The van der Waals surface area contributed by atoms with Gasteiger partial charge in [0, 0.05) is 0 Å². The van der Waals surface area contributed by atoms with Crippen molar-refractivity contribution >= 4 is 51.7 Å². The maximum Gasteiger partial charge on any atom is 0.239 e. The summed E-state index contributed by atoms with van der Waals surface area (Å²) in [5.41, 5.74) is 4.09. The second-order valence-corrected chi connectivity index (χ2v) is 7.67. The van der Waals surface area contributed by atoms with Crippen LogP contribution in [0.25, 0.3) is 0 Å². The van der Waals surface area contributed by atoms with E-state index in [-0.39, 0.29) is 11.2 Å². The molecule has 6 heteroatoms. The molecule has 0 bridgehead atoms. The largest absolute Gasteiger partial charge is 0.304 e. The molecule has 1 amide bonds. The third-order valence-corrected chi connectivity index (χ3v) is 5.87. The summed E-state index contributed by atoms with van der Waals surface area (Å²) in [7, 11) is 0. The number of hydrogen-bond acceptors (Lipinski definition) is 3. The number of nitrogens with zero attached hydrogens (tertiary/aromatic N) is 1. The molecule has 0 aromatic heterocycles. The number of nitrogens with one attached hydrogen (secondary N) is 1. The molecule has 3 nitrogen and oxygen atoms in total. The maximum atomic E-state index is 12.2. The third-order valence-electron chi connectivity index (χ3n) is 3.93. The second kappa shape index (κ2) is 7.18. The second-order valence-electron chi connectivity index (χ2n) is 5.70. The minimum absolute atomic E-state index is 0.0568. The summed E-state index contributed by atoms with van der Waals surface area (Å²) < 4.78 is 0. The Kier molecular flexibility index (Phi) is 5.18. The van der Waals surface area contributed by atoms with E-state index < -0.39 is 0 Å². The van der Waals surface area contributed by atoms with E-state index in [9.17, 15) is 4.79 Å². The van der Waals surface area contributed by atoms with E-state index in [0.717, 1.165) is 11.3 Å². The standard InChI is InChI=1S/C18H16Cl2N2OS/c1-10-6-7-13(8-11(10)2)21-18-22-17(23)15(24-18)9-12-4-3-5-14(19)16(12)20/h3-8,15H,9H2,1-2H3,(H,21,22,23). The number of amides is 1. The topological polar surface area (TPSA) is 41.5 Å². The van der Waals surface area contributed by atoms with Gasteiger partial charge in [-0.05, 0) is 55.2 Å². The molecule has 1 heterocycles. The van der Waals surface area contributed by atoms with Crippen molar-refractivity contribution in [2.75, 3.05) is 0 Å². The molecule has 1 unspecified atom stereocenters. The van der Waals surface area contributed by atoms with Crippen molar-refractivity contribution in [3.05, 3.63) is 63.1 Å². The first kappa shape index (κ1) is 17.3. The quantitative estimate of drug-likeness (QED) is 0.809. The van der Waals surface area contributed by atoms with Gasteiger partial charge < -0.3 is 5.32 Å². The number of carbonyl (C=O) groups is 1. The number of halogens is 2. The van der Waals surface area contributed by atoms with E-state index in [0.29, 0.717) is 21.6 Å². The van der Waals surface area contributed by atoms with E-state index >= 15 is 0 Å². The first-order valence-electron chi connectivity index (χ1n) is 7.50. The molecule has 1 fully saturated rings. The predicted octanol–water partition coefficient (Wildman–Crippen LogP) is 5.07. The molecular formula is C18H16Cl2N2OS. The van der Waals surface area contributed by atoms with Crippen LogP contribution in [-0.4, -0.2) is 16.3 Å².